The summed E-state index contributed by atoms with van der Waals surface area (Å²) in [5.41, 5.74) is 10.7. The maximum atomic E-state index is 14.1. The molecule has 2 aromatic heterocycles. The molecule has 0 bridgehead atoms. The first-order valence-corrected chi connectivity index (χ1v) is 13.9. The van der Waals surface area contributed by atoms with Gasteiger partial charge in [0.25, 0.3) is 5.91 Å². The fraction of sp³-hybridized carbons (Fsp3) is 0.233. The first-order valence-electron chi connectivity index (χ1n) is 13.1. The van der Waals surface area contributed by atoms with Crippen LogP contribution < -0.4 is 11.1 Å². The maximum Gasteiger partial charge on any atom is 0.275 e. The molecule has 0 radical (unpaired) electrons. The highest BCUT2D eigenvalue weighted by Crippen LogP contribution is 2.40. The molecule has 1 aliphatic carbocycles. The fourth-order valence-corrected chi connectivity index (χ4v) is 6.07. The predicted octanol–water partition coefficient (Wildman–Crippen LogP) is 4.46. The van der Waals surface area contributed by atoms with Crippen LogP contribution in [0, 0.1) is 0 Å². The van der Waals surface area contributed by atoms with Gasteiger partial charge in [-0.3, -0.25) is 19.4 Å². The van der Waals surface area contributed by atoms with Gasteiger partial charge in [0.2, 0.25) is 11.8 Å². The highest BCUT2D eigenvalue weighted by atomic mass is 35.5. The average Bonchev–Trinajstić information content (AvgIpc) is 3.34. The first kappa shape index (κ1) is 27.0. The SMILES string of the molecule is CC1(C)C(=O)NCCN1C(=O)c1nn(-c2cc(Cl)cc(Cl)c2)c2c1CCc1ccc(-c3cncc(C(N)=O)c3)cc1-2. The van der Waals surface area contributed by atoms with Crippen molar-refractivity contribution in [3.8, 4) is 28.1 Å². The van der Waals surface area contributed by atoms with Crippen molar-refractivity contribution in [3.05, 3.63) is 87.3 Å². The Bertz CT molecular complexity index is 1740. The van der Waals surface area contributed by atoms with Gasteiger partial charge in [-0.05, 0) is 68.1 Å². The molecule has 1 aliphatic heterocycles. The number of nitrogens with two attached hydrogens (primary N) is 1. The van der Waals surface area contributed by atoms with Crippen molar-refractivity contribution < 1.29 is 14.4 Å². The summed E-state index contributed by atoms with van der Waals surface area (Å²) in [4.78, 5) is 44.3. The van der Waals surface area contributed by atoms with Crippen molar-refractivity contribution in [2.24, 2.45) is 5.73 Å². The number of halogens is 2. The van der Waals surface area contributed by atoms with Crippen molar-refractivity contribution in [3.63, 3.8) is 0 Å². The summed E-state index contributed by atoms with van der Waals surface area (Å²) in [6, 6.07) is 12.8. The van der Waals surface area contributed by atoms with Crippen LogP contribution in [0.1, 0.15) is 45.8 Å². The highest BCUT2D eigenvalue weighted by molar-refractivity contribution is 6.34. The van der Waals surface area contributed by atoms with Gasteiger partial charge in [0, 0.05) is 52.2 Å². The molecule has 0 atom stereocenters. The van der Waals surface area contributed by atoms with Crippen molar-refractivity contribution in [1.29, 1.82) is 0 Å². The number of carbonyl (C=O) groups excluding carboxylic acids is 3. The van der Waals surface area contributed by atoms with Crippen LogP contribution in [-0.4, -0.2) is 56.0 Å². The molecule has 6 rings (SSSR count). The molecule has 41 heavy (non-hydrogen) atoms. The predicted molar refractivity (Wildman–Crippen MR) is 156 cm³/mol. The third-order valence-corrected chi connectivity index (χ3v) is 8.18. The Morgan fingerprint density at radius 1 is 1.00 bits per heavy atom. The molecule has 11 heteroatoms. The number of rotatable bonds is 4. The Kier molecular flexibility index (Phi) is 6.59. The van der Waals surface area contributed by atoms with E-state index in [2.05, 4.69) is 10.3 Å². The van der Waals surface area contributed by atoms with E-state index in [4.69, 9.17) is 34.0 Å². The quantitative estimate of drug-likeness (QED) is 0.364. The Balaban J connectivity index is 1.56. The van der Waals surface area contributed by atoms with E-state index in [1.54, 1.807) is 53.9 Å². The van der Waals surface area contributed by atoms with Crippen LogP contribution >= 0.6 is 23.2 Å². The van der Waals surface area contributed by atoms with E-state index in [1.807, 2.05) is 18.2 Å². The smallest absolute Gasteiger partial charge is 0.275 e. The number of benzene rings is 2. The van der Waals surface area contributed by atoms with Crippen LogP contribution in [-0.2, 0) is 17.6 Å². The van der Waals surface area contributed by atoms with Gasteiger partial charge in [0.05, 0.1) is 16.9 Å². The molecule has 2 aromatic carbocycles. The molecular formula is C30H26Cl2N6O3. The van der Waals surface area contributed by atoms with Crippen LogP contribution in [0.15, 0.2) is 54.9 Å². The number of piperazine rings is 1. The number of nitrogens with one attached hydrogen (secondary N) is 1. The Labute approximate surface area is 246 Å². The van der Waals surface area contributed by atoms with E-state index in [1.165, 1.54) is 6.20 Å². The molecule has 0 unspecified atom stereocenters. The molecule has 9 nitrogen and oxygen atoms in total. The van der Waals surface area contributed by atoms with E-state index >= 15 is 0 Å². The summed E-state index contributed by atoms with van der Waals surface area (Å²) >= 11 is 12.8. The Hall–Kier alpha value is -4.21. The second-order valence-corrected chi connectivity index (χ2v) is 11.6. The molecule has 0 spiro atoms. The lowest BCUT2D eigenvalue weighted by Gasteiger charge is -2.40. The lowest BCUT2D eigenvalue weighted by atomic mass is 9.86. The van der Waals surface area contributed by atoms with Crippen molar-refractivity contribution in [2.45, 2.75) is 32.2 Å². The lowest BCUT2D eigenvalue weighted by Crippen LogP contribution is -2.63. The van der Waals surface area contributed by atoms with Crippen molar-refractivity contribution in [1.82, 2.24) is 25.0 Å². The van der Waals surface area contributed by atoms with E-state index in [9.17, 15) is 14.4 Å². The number of pyridine rings is 1. The van der Waals surface area contributed by atoms with Gasteiger partial charge in [0.15, 0.2) is 5.69 Å². The monoisotopic (exact) mass is 588 g/mol. The van der Waals surface area contributed by atoms with E-state index < -0.39 is 11.4 Å². The van der Waals surface area contributed by atoms with Crippen molar-refractivity contribution in [2.75, 3.05) is 13.1 Å². The second-order valence-electron chi connectivity index (χ2n) is 10.7. The van der Waals surface area contributed by atoms with Gasteiger partial charge in [-0.25, -0.2) is 4.68 Å². The summed E-state index contributed by atoms with van der Waals surface area (Å²) in [7, 11) is 0. The number of aromatic nitrogens is 3. The number of fused-ring (bicyclic) bond motifs is 3. The molecule has 208 valence electrons. The average molecular weight is 589 g/mol. The molecule has 3 N–H and O–H groups in total. The number of hydrogen-bond acceptors (Lipinski definition) is 5. The molecule has 4 aromatic rings. The van der Waals surface area contributed by atoms with Gasteiger partial charge >= 0.3 is 0 Å². The summed E-state index contributed by atoms with van der Waals surface area (Å²) < 4.78 is 1.71. The largest absolute Gasteiger partial charge is 0.366 e. The zero-order chi connectivity index (χ0) is 29.1. The minimum absolute atomic E-state index is 0.214. The second kappa shape index (κ2) is 10.0. The summed E-state index contributed by atoms with van der Waals surface area (Å²) in [5.74, 6) is -1.09. The van der Waals surface area contributed by atoms with Crippen LogP contribution in [0.4, 0.5) is 0 Å². The van der Waals surface area contributed by atoms with Gasteiger partial charge in [-0.2, -0.15) is 5.10 Å². The third kappa shape index (κ3) is 4.65. The number of hydrogen-bond donors (Lipinski definition) is 2. The van der Waals surface area contributed by atoms with Crippen LogP contribution in [0.25, 0.3) is 28.1 Å². The Morgan fingerprint density at radius 3 is 2.49 bits per heavy atom. The lowest BCUT2D eigenvalue weighted by molar-refractivity contribution is -0.133. The van der Waals surface area contributed by atoms with Crippen LogP contribution in [0.3, 0.4) is 0 Å². The van der Waals surface area contributed by atoms with Gasteiger partial charge in [-0.15, -0.1) is 0 Å². The van der Waals surface area contributed by atoms with E-state index in [0.29, 0.717) is 47.2 Å². The molecular weight excluding hydrogens is 563 g/mol. The van der Waals surface area contributed by atoms with Gasteiger partial charge < -0.3 is 16.0 Å². The van der Waals surface area contributed by atoms with Crippen LogP contribution in [0.5, 0.6) is 0 Å². The maximum absolute atomic E-state index is 14.1. The zero-order valence-corrected chi connectivity index (χ0v) is 23.9. The third-order valence-electron chi connectivity index (χ3n) is 7.74. The molecule has 0 saturated carbocycles. The zero-order valence-electron chi connectivity index (χ0n) is 22.4. The molecule has 2 aliphatic rings. The normalized spacial score (nSPS) is 15.6. The number of primary amides is 1. The number of aryl methyl sites for hydroxylation is 1. The van der Waals surface area contributed by atoms with Gasteiger partial charge in [0.1, 0.15) is 5.54 Å². The number of carbonyl (C=O) groups is 3. The van der Waals surface area contributed by atoms with E-state index in [-0.39, 0.29) is 17.5 Å². The number of amides is 3. The van der Waals surface area contributed by atoms with E-state index in [0.717, 1.165) is 33.5 Å². The summed E-state index contributed by atoms with van der Waals surface area (Å²) in [6.07, 6.45) is 4.37. The molecule has 1 fully saturated rings. The number of nitrogens with zero attached hydrogens (tertiary/aromatic N) is 4. The molecule has 3 heterocycles. The standard InChI is InChI=1S/C30H26Cl2N6O3/c1-30(2)29(41)35-7-8-37(30)28(40)25-23-6-5-16-3-4-17(18-9-19(27(33)39)15-34-14-18)10-24(16)26(23)38(36-25)22-12-20(31)11-21(32)13-22/h3-4,9-15H,5-8H2,1-2H3,(H2,33,39)(H,35,41). The molecule has 1 saturated heterocycles. The Morgan fingerprint density at radius 2 is 1.76 bits per heavy atom. The first-order chi connectivity index (χ1) is 19.5. The van der Waals surface area contributed by atoms with Crippen molar-refractivity contribution >= 4 is 40.9 Å². The molecule has 3 amide bonds. The minimum Gasteiger partial charge on any atom is -0.366 e. The topological polar surface area (TPSA) is 123 Å². The summed E-state index contributed by atoms with van der Waals surface area (Å²) in [5, 5.41) is 8.55. The summed E-state index contributed by atoms with van der Waals surface area (Å²) in [6.45, 7) is 4.20. The minimum atomic E-state index is -1.04. The van der Waals surface area contributed by atoms with Crippen LogP contribution in [0.2, 0.25) is 10.0 Å². The van der Waals surface area contributed by atoms with Gasteiger partial charge in [-0.1, -0.05) is 35.3 Å². The fourth-order valence-electron chi connectivity index (χ4n) is 5.55. The highest BCUT2D eigenvalue weighted by Gasteiger charge is 2.43.